The van der Waals surface area contributed by atoms with Gasteiger partial charge < -0.3 is 24.8 Å². The van der Waals surface area contributed by atoms with Crippen molar-refractivity contribution in [1.29, 1.82) is 0 Å². The molecule has 136 valence electrons. The molecular weight excluding hydrogens is 336 g/mol. The van der Waals surface area contributed by atoms with Crippen LogP contribution >= 0.6 is 0 Å². The van der Waals surface area contributed by atoms with Gasteiger partial charge in [0.05, 0.1) is 0 Å². The van der Waals surface area contributed by atoms with Crippen LogP contribution in [0.1, 0.15) is 19.4 Å². The van der Waals surface area contributed by atoms with Crippen LogP contribution in [0.5, 0.6) is 17.2 Å². The Kier molecular flexibility index (Phi) is 5.26. The molecule has 0 unspecified atom stereocenters. The normalized spacial score (nSPS) is 11.5. The molecule has 0 atom stereocenters. The topological polar surface area (TPSA) is 85.9 Å². The van der Waals surface area contributed by atoms with E-state index in [9.17, 15) is 9.59 Å². The highest BCUT2D eigenvalue weighted by Gasteiger charge is 2.19. The number of rotatable bonds is 4. The molecule has 1 aliphatic rings. The van der Waals surface area contributed by atoms with Crippen LogP contribution in [0, 0.1) is 0 Å². The van der Waals surface area contributed by atoms with Crippen LogP contribution < -0.4 is 24.8 Å². The van der Waals surface area contributed by atoms with E-state index >= 15 is 0 Å². The molecule has 26 heavy (non-hydrogen) atoms. The molecule has 7 nitrogen and oxygen atoms in total. The molecular formula is C19H20N2O5. The highest BCUT2D eigenvalue weighted by Crippen LogP contribution is 2.40. The van der Waals surface area contributed by atoms with Crippen LogP contribution in [0.15, 0.2) is 36.4 Å². The summed E-state index contributed by atoms with van der Waals surface area (Å²) in [6, 6.07) is 10.6. The molecule has 0 aliphatic carbocycles. The fraction of sp³-hybridized carbons (Fsp3) is 0.263. The first-order valence-electron chi connectivity index (χ1n) is 8.42. The van der Waals surface area contributed by atoms with Crippen LogP contribution in [0.4, 0.5) is 9.59 Å². The van der Waals surface area contributed by atoms with E-state index in [0.717, 1.165) is 16.7 Å². The van der Waals surface area contributed by atoms with Gasteiger partial charge in [0.2, 0.25) is 0 Å². The number of carbonyl (C=O) groups excluding carboxylic acids is 2. The standard InChI is InChI=1S/C19H20N2O5/c1-3-20-18(22)25-13-5-7-15-12(9-13)11-24-17-10-14(6-8-16(15)17)26-19(23)21-4-2/h5-10H,3-4,11H2,1-2H3,(H,20,22)(H,21,23). The van der Waals surface area contributed by atoms with Crippen molar-refractivity contribution < 1.29 is 23.8 Å². The van der Waals surface area contributed by atoms with Crippen LogP contribution in [0.25, 0.3) is 11.1 Å². The van der Waals surface area contributed by atoms with E-state index in [2.05, 4.69) is 10.6 Å². The first-order valence-corrected chi connectivity index (χ1v) is 8.42. The van der Waals surface area contributed by atoms with Crippen molar-refractivity contribution in [2.24, 2.45) is 0 Å². The maximum atomic E-state index is 11.5. The van der Waals surface area contributed by atoms with Gasteiger partial charge >= 0.3 is 12.2 Å². The monoisotopic (exact) mass is 356 g/mol. The summed E-state index contributed by atoms with van der Waals surface area (Å²) in [5.41, 5.74) is 2.79. The lowest BCUT2D eigenvalue weighted by molar-refractivity contribution is 0.199. The van der Waals surface area contributed by atoms with Gasteiger partial charge in [-0.1, -0.05) is 6.07 Å². The first-order chi connectivity index (χ1) is 12.6. The van der Waals surface area contributed by atoms with Gasteiger partial charge in [-0.2, -0.15) is 0 Å². The molecule has 0 saturated carbocycles. The van der Waals surface area contributed by atoms with E-state index in [1.165, 1.54) is 0 Å². The largest absolute Gasteiger partial charge is 0.488 e. The number of carbonyl (C=O) groups is 2. The maximum Gasteiger partial charge on any atom is 0.412 e. The SMILES string of the molecule is CCNC(=O)Oc1ccc2c(c1)COc1cc(OC(=O)NCC)ccc1-2. The Hall–Kier alpha value is -3.22. The fourth-order valence-corrected chi connectivity index (χ4v) is 2.65. The summed E-state index contributed by atoms with van der Waals surface area (Å²) < 4.78 is 16.2. The van der Waals surface area contributed by atoms with E-state index in [-0.39, 0.29) is 0 Å². The molecule has 0 aromatic heterocycles. The van der Waals surface area contributed by atoms with E-state index in [1.807, 2.05) is 26.0 Å². The van der Waals surface area contributed by atoms with Crippen molar-refractivity contribution >= 4 is 12.2 Å². The summed E-state index contributed by atoms with van der Waals surface area (Å²) in [5, 5.41) is 5.15. The average Bonchev–Trinajstić information content (AvgIpc) is 2.61. The van der Waals surface area contributed by atoms with Crippen LogP contribution in [-0.4, -0.2) is 25.3 Å². The van der Waals surface area contributed by atoms with Crippen LogP contribution in [0.3, 0.4) is 0 Å². The highest BCUT2D eigenvalue weighted by molar-refractivity contribution is 5.78. The van der Waals surface area contributed by atoms with Gasteiger partial charge in [-0.05, 0) is 43.7 Å². The first kappa shape index (κ1) is 17.6. The quantitative estimate of drug-likeness (QED) is 0.876. The van der Waals surface area contributed by atoms with Gasteiger partial charge in [-0.3, -0.25) is 0 Å². The summed E-state index contributed by atoms with van der Waals surface area (Å²) in [6.45, 7) is 4.97. The number of hydrogen-bond donors (Lipinski definition) is 2. The Morgan fingerprint density at radius 3 is 2.12 bits per heavy atom. The molecule has 2 amide bonds. The predicted octanol–water partition coefficient (Wildman–Crippen LogP) is 3.46. The number of fused-ring (bicyclic) bond motifs is 3. The molecule has 7 heteroatoms. The lowest BCUT2D eigenvalue weighted by Gasteiger charge is -2.22. The number of amides is 2. The van der Waals surface area contributed by atoms with Gasteiger partial charge in [-0.15, -0.1) is 0 Å². The lowest BCUT2D eigenvalue weighted by atomic mass is 9.97. The molecule has 0 fully saturated rings. The smallest absolute Gasteiger partial charge is 0.412 e. The van der Waals surface area contributed by atoms with Gasteiger partial charge in [0.1, 0.15) is 23.9 Å². The molecule has 2 aromatic carbocycles. The van der Waals surface area contributed by atoms with Crippen molar-refractivity contribution in [2.45, 2.75) is 20.5 Å². The van der Waals surface area contributed by atoms with E-state index in [0.29, 0.717) is 36.9 Å². The van der Waals surface area contributed by atoms with E-state index in [4.69, 9.17) is 14.2 Å². The Morgan fingerprint density at radius 1 is 0.923 bits per heavy atom. The van der Waals surface area contributed by atoms with Crippen molar-refractivity contribution in [3.05, 3.63) is 42.0 Å². The van der Waals surface area contributed by atoms with Gasteiger partial charge in [-0.25, -0.2) is 9.59 Å². The predicted molar refractivity (Wildman–Crippen MR) is 95.6 cm³/mol. The Labute approximate surface area is 151 Å². The molecule has 2 N–H and O–H groups in total. The minimum Gasteiger partial charge on any atom is -0.488 e. The molecule has 0 radical (unpaired) electrons. The highest BCUT2D eigenvalue weighted by atomic mass is 16.6. The zero-order valence-corrected chi connectivity index (χ0v) is 14.6. The molecule has 0 saturated heterocycles. The fourth-order valence-electron chi connectivity index (χ4n) is 2.65. The third kappa shape index (κ3) is 3.88. The summed E-state index contributed by atoms with van der Waals surface area (Å²) in [6.07, 6.45) is -0.993. The Bertz CT molecular complexity index is 765. The number of nitrogens with one attached hydrogen (secondary N) is 2. The number of ether oxygens (including phenoxy) is 3. The van der Waals surface area contributed by atoms with Crippen LogP contribution in [-0.2, 0) is 6.61 Å². The Morgan fingerprint density at radius 2 is 1.50 bits per heavy atom. The third-order valence-electron chi connectivity index (χ3n) is 3.77. The molecule has 0 spiro atoms. The summed E-state index contributed by atoms with van der Waals surface area (Å²) in [5.74, 6) is 1.50. The maximum absolute atomic E-state index is 11.5. The zero-order valence-electron chi connectivity index (χ0n) is 14.6. The van der Waals surface area contributed by atoms with Crippen molar-refractivity contribution in [1.82, 2.24) is 10.6 Å². The molecule has 0 bridgehead atoms. The van der Waals surface area contributed by atoms with E-state index < -0.39 is 12.2 Å². The summed E-state index contributed by atoms with van der Waals surface area (Å²) in [7, 11) is 0. The van der Waals surface area contributed by atoms with Gasteiger partial charge in [0.25, 0.3) is 0 Å². The van der Waals surface area contributed by atoms with Gasteiger partial charge in [0.15, 0.2) is 0 Å². The summed E-state index contributed by atoms with van der Waals surface area (Å²) in [4.78, 5) is 23.1. The third-order valence-corrected chi connectivity index (χ3v) is 3.77. The molecule has 3 rings (SSSR count). The second kappa shape index (κ2) is 7.77. The van der Waals surface area contributed by atoms with Crippen molar-refractivity contribution in [3.8, 4) is 28.4 Å². The lowest BCUT2D eigenvalue weighted by Crippen LogP contribution is -2.26. The second-order valence-corrected chi connectivity index (χ2v) is 5.61. The molecule has 1 heterocycles. The molecule has 1 aliphatic heterocycles. The van der Waals surface area contributed by atoms with Crippen molar-refractivity contribution in [2.75, 3.05) is 13.1 Å². The van der Waals surface area contributed by atoms with Crippen molar-refractivity contribution in [3.63, 3.8) is 0 Å². The Balaban J connectivity index is 1.80. The average molecular weight is 356 g/mol. The van der Waals surface area contributed by atoms with Crippen LogP contribution in [0.2, 0.25) is 0 Å². The number of benzene rings is 2. The summed E-state index contributed by atoms with van der Waals surface area (Å²) >= 11 is 0. The molecule has 2 aromatic rings. The minimum atomic E-state index is -0.504. The second-order valence-electron chi connectivity index (χ2n) is 5.61. The number of hydrogen-bond acceptors (Lipinski definition) is 5. The van der Waals surface area contributed by atoms with Gasteiger partial charge in [0, 0.05) is 30.3 Å². The van der Waals surface area contributed by atoms with E-state index in [1.54, 1.807) is 24.3 Å². The zero-order chi connectivity index (χ0) is 18.5. The minimum absolute atomic E-state index is 0.333.